The number of ether oxygens (including phenoxy) is 1. The average molecular weight is 310 g/mol. The summed E-state index contributed by atoms with van der Waals surface area (Å²) in [7, 11) is 1.65. The van der Waals surface area contributed by atoms with E-state index in [-0.39, 0.29) is 0 Å². The number of aryl methyl sites for hydroxylation is 1. The van der Waals surface area contributed by atoms with E-state index < -0.39 is 0 Å². The molecule has 0 saturated heterocycles. The fourth-order valence-electron chi connectivity index (χ4n) is 3.14. The Bertz CT molecular complexity index is 784. The Morgan fingerprint density at radius 1 is 1.14 bits per heavy atom. The lowest BCUT2D eigenvalue weighted by Gasteiger charge is -2.15. The second-order valence-corrected chi connectivity index (χ2v) is 5.97. The third kappa shape index (κ3) is 2.65. The minimum absolute atomic E-state index is 0.550. The highest BCUT2D eigenvalue weighted by molar-refractivity contribution is 7.71. The molecule has 0 unspecified atom stereocenters. The number of H-pyrrole nitrogens is 1. The summed E-state index contributed by atoms with van der Waals surface area (Å²) in [5.41, 5.74) is 5.09. The first-order valence-electron chi connectivity index (χ1n) is 7.57. The smallest absolute Gasteiger partial charge is 0.122 e. The van der Waals surface area contributed by atoms with E-state index in [2.05, 4.69) is 11.1 Å². The molecule has 3 nitrogen and oxygen atoms in total. The molecule has 0 radical (unpaired) electrons. The lowest BCUT2D eigenvalue weighted by Crippen LogP contribution is -2.03. The average Bonchev–Trinajstić information content (AvgIpc) is 2.78. The zero-order valence-electron chi connectivity index (χ0n) is 12.6. The van der Waals surface area contributed by atoms with E-state index in [1.165, 1.54) is 24.1 Å². The van der Waals surface area contributed by atoms with Crippen molar-refractivity contribution in [3.8, 4) is 22.9 Å². The molecule has 1 heterocycles. The minimum Gasteiger partial charge on any atom is -0.497 e. The van der Waals surface area contributed by atoms with Crippen molar-refractivity contribution >= 4 is 12.2 Å². The summed E-state index contributed by atoms with van der Waals surface area (Å²) in [6.45, 7) is 0. The van der Waals surface area contributed by atoms with E-state index in [0.717, 1.165) is 36.1 Å². The molecule has 4 heteroatoms. The Morgan fingerprint density at radius 3 is 2.55 bits per heavy atom. The number of aromatic nitrogens is 1. The quantitative estimate of drug-likeness (QED) is 0.653. The molecule has 0 atom stereocenters. The second kappa shape index (κ2) is 6.33. The van der Waals surface area contributed by atoms with Gasteiger partial charge in [0.25, 0.3) is 0 Å². The maximum Gasteiger partial charge on any atom is 0.122 e. The van der Waals surface area contributed by atoms with Crippen molar-refractivity contribution in [3.63, 3.8) is 0 Å². The highest BCUT2D eigenvalue weighted by Gasteiger charge is 2.19. The van der Waals surface area contributed by atoms with Gasteiger partial charge in [0, 0.05) is 11.3 Å². The number of rotatable bonds is 2. The SMILES string of the molecule is COc1ccc(-c2c3c([nH]c(=S)c2C#N)CCCCC3)cc1. The molecule has 1 aliphatic rings. The Morgan fingerprint density at radius 2 is 1.86 bits per heavy atom. The fraction of sp³-hybridized carbons (Fsp3) is 0.333. The van der Waals surface area contributed by atoms with Crippen LogP contribution in [0.2, 0.25) is 0 Å². The van der Waals surface area contributed by atoms with Gasteiger partial charge in [0.1, 0.15) is 16.5 Å². The standard InChI is InChI=1S/C18H18N2OS/c1-21-13-9-7-12(8-10-13)17-14-5-3-2-4-6-16(14)20-18(22)15(17)11-19/h7-10H,2-6H2,1H3,(H,20,22). The monoisotopic (exact) mass is 310 g/mol. The molecule has 0 aliphatic heterocycles. The van der Waals surface area contributed by atoms with Gasteiger partial charge in [-0.2, -0.15) is 5.26 Å². The largest absolute Gasteiger partial charge is 0.497 e. The molecule has 112 valence electrons. The van der Waals surface area contributed by atoms with Gasteiger partial charge in [-0.3, -0.25) is 0 Å². The Labute approximate surface area is 135 Å². The number of benzene rings is 1. The van der Waals surface area contributed by atoms with Gasteiger partial charge in [0.15, 0.2) is 0 Å². The summed E-state index contributed by atoms with van der Waals surface area (Å²) in [4.78, 5) is 3.29. The van der Waals surface area contributed by atoms with Crippen molar-refractivity contribution in [1.82, 2.24) is 4.98 Å². The van der Waals surface area contributed by atoms with Crippen molar-refractivity contribution in [1.29, 1.82) is 5.26 Å². The normalized spacial score (nSPS) is 13.8. The number of hydrogen-bond acceptors (Lipinski definition) is 3. The van der Waals surface area contributed by atoms with Crippen molar-refractivity contribution in [2.75, 3.05) is 7.11 Å². The number of aromatic amines is 1. The molecular weight excluding hydrogens is 292 g/mol. The van der Waals surface area contributed by atoms with Crippen LogP contribution in [-0.2, 0) is 12.8 Å². The van der Waals surface area contributed by atoms with Crippen LogP contribution in [0, 0.1) is 16.0 Å². The minimum atomic E-state index is 0.550. The van der Waals surface area contributed by atoms with Crippen molar-refractivity contribution in [3.05, 3.63) is 45.7 Å². The van der Waals surface area contributed by atoms with Crippen LogP contribution in [0.3, 0.4) is 0 Å². The maximum atomic E-state index is 9.57. The molecule has 22 heavy (non-hydrogen) atoms. The van der Waals surface area contributed by atoms with Crippen molar-refractivity contribution < 1.29 is 4.74 Å². The number of hydrogen-bond donors (Lipinski definition) is 1. The molecule has 0 saturated carbocycles. The summed E-state index contributed by atoms with van der Waals surface area (Å²) in [5.74, 6) is 0.814. The number of methoxy groups -OCH3 is 1. The molecule has 0 bridgehead atoms. The van der Waals surface area contributed by atoms with Gasteiger partial charge >= 0.3 is 0 Å². The Hall–Kier alpha value is -2.12. The second-order valence-electron chi connectivity index (χ2n) is 5.56. The van der Waals surface area contributed by atoms with Gasteiger partial charge in [-0.15, -0.1) is 0 Å². The van der Waals surface area contributed by atoms with Crippen molar-refractivity contribution in [2.24, 2.45) is 0 Å². The van der Waals surface area contributed by atoms with Crippen LogP contribution >= 0.6 is 12.2 Å². The number of nitriles is 1. The Kier molecular flexibility index (Phi) is 4.26. The van der Waals surface area contributed by atoms with Crippen molar-refractivity contribution in [2.45, 2.75) is 32.1 Å². The summed E-state index contributed by atoms with van der Waals surface area (Å²) in [6, 6.07) is 10.2. The molecule has 0 fully saturated rings. The summed E-state index contributed by atoms with van der Waals surface area (Å²) < 4.78 is 5.78. The van der Waals surface area contributed by atoms with Crippen LogP contribution in [-0.4, -0.2) is 12.1 Å². The van der Waals surface area contributed by atoms with E-state index in [9.17, 15) is 5.26 Å². The van der Waals surface area contributed by atoms with E-state index in [4.69, 9.17) is 17.0 Å². The predicted molar refractivity (Wildman–Crippen MR) is 89.6 cm³/mol. The Balaban J connectivity index is 2.25. The summed E-state index contributed by atoms with van der Waals surface area (Å²) in [6.07, 6.45) is 5.56. The van der Waals surface area contributed by atoms with Crippen LogP contribution in [0.25, 0.3) is 11.1 Å². The zero-order chi connectivity index (χ0) is 15.5. The van der Waals surface area contributed by atoms with E-state index >= 15 is 0 Å². The summed E-state index contributed by atoms with van der Waals surface area (Å²) >= 11 is 5.41. The summed E-state index contributed by atoms with van der Waals surface area (Å²) in [5, 5.41) is 9.57. The van der Waals surface area contributed by atoms with Gasteiger partial charge in [-0.05, 0) is 48.9 Å². The molecule has 1 aliphatic carbocycles. The zero-order valence-corrected chi connectivity index (χ0v) is 13.4. The molecule has 1 aromatic heterocycles. The van der Waals surface area contributed by atoms with Crippen LogP contribution in [0.15, 0.2) is 24.3 Å². The predicted octanol–water partition coefficient (Wildman–Crippen LogP) is 4.56. The first-order chi connectivity index (χ1) is 10.7. The molecule has 0 spiro atoms. The molecule has 1 aromatic carbocycles. The third-order valence-electron chi connectivity index (χ3n) is 4.25. The molecule has 0 amide bonds. The van der Waals surface area contributed by atoms with E-state index in [1.54, 1.807) is 7.11 Å². The van der Waals surface area contributed by atoms with Gasteiger partial charge in [-0.1, -0.05) is 30.8 Å². The van der Waals surface area contributed by atoms with Gasteiger partial charge in [0.2, 0.25) is 0 Å². The number of nitrogens with zero attached hydrogens (tertiary/aromatic N) is 1. The molecule has 3 rings (SSSR count). The number of nitrogens with one attached hydrogen (secondary N) is 1. The third-order valence-corrected chi connectivity index (χ3v) is 4.56. The number of pyridine rings is 1. The first kappa shape index (κ1) is 14.8. The van der Waals surface area contributed by atoms with Gasteiger partial charge in [-0.25, -0.2) is 0 Å². The van der Waals surface area contributed by atoms with Gasteiger partial charge < -0.3 is 9.72 Å². The van der Waals surface area contributed by atoms with E-state index in [1.807, 2.05) is 24.3 Å². The first-order valence-corrected chi connectivity index (χ1v) is 7.98. The van der Waals surface area contributed by atoms with Crippen LogP contribution < -0.4 is 4.74 Å². The van der Waals surface area contributed by atoms with Crippen LogP contribution in [0.1, 0.15) is 36.1 Å². The van der Waals surface area contributed by atoms with Gasteiger partial charge in [0.05, 0.1) is 12.7 Å². The maximum absolute atomic E-state index is 9.57. The fourth-order valence-corrected chi connectivity index (χ4v) is 3.41. The number of fused-ring (bicyclic) bond motifs is 1. The molecule has 1 N–H and O–H groups in total. The highest BCUT2D eigenvalue weighted by atomic mass is 32.1. The lowest BCUT2D eigenvalue weighted by atomic mass is 9.92. The lowest BCUT2D eigenvalue weighted by molar-refractivity contribution is 0.415. The van der Waals surface area contributed by atoms with Crippen LogP contribution in [0.5, 0.6) is 5.75 Å². The highest BCUT2D eigenvalue weighted by Crippen LogP contribution is 2.34. The molecule has 2 aromatic rings. The van der Waals surface area contributed by atoms with Crippen LogP contribution in [0.4, 0.5) is 0 Å². The van der Waals surface area contributed by atoms with E-state index in [0.29, 0.717) is 10.2 Å². The molecular formula is C18H18N2OS. The topological polar surface area (TPSA) is 48.8 Å².